The van der Waals surface area contributed by atoms with Crippen LogP contribution in [-0.2, 0) is 0 Å². The maximum absolute atomic E-state index is 13.4. The Kier molecular flexibility index (Phi) is 3.71. The molecule has 4 nitrogen and oxygen atoms in total. The first-order valence-corrected chi connectivity index (χ1v) is 5.60. The highest BCUT2D eigenvalue weighted by Crippen LogP contribution is 2.17. The molecule has 0 aromatic carbocycles. The van der Waals surface area contributed by atoms with E-state index < -0.39 is 23.2 Å². The monoisotopic (exact) mass is 283 g/mol. The molecule has 0 saturated heterocycles. The van der Waals surface area contributed by atoms with Crippen LogP contribution in [0.1, 0.15) is 15.9 Å². The fourth-order valence-corrected chi connectivity index (χ4v) is 1.52. The molecule has 2 rings (SSSR count). The first-order chi connectivity index (χ1) is 8.99. The lowest BCUT2D eigenvalue weighted by molar-refractivity contribution is 0.102. The van der Waals surface area contributed by atoms with Crippen LogP contribution in [0.5, 0.6) is 0 Å². The van der Waals surface area contributed by atoms with Crippen molar-refractivity contribution in [1.29, 1.82) is 0 Å². The van der Waals surface area contributed by atoms with Gasteiger partial charge in [-0.3, -0.25) is 4.79 Å². The van der Waals surface area contributed by atoms with Crippen LogP contribution in [0.3, 0.4) is 0 Å². The summed E-state index contributed by atoms with van der Waals surface area (Å²) < 4.78 is 26.3. The second-order valence-electron chi connectivity index (χ2n) is 3.75. The smallest absolute Gasteiger partial charge is 0.258 e. The molecule has 0 radical (unpaired) electrons. The molecule has 19 heavy (non-hydrogen) atoms. The number of halogens is 3. The van der Waals surface area contributed by atoms with Crippen LogP contribution in [-0.4, -0.2) is 15.9 Å². The van der Waals surface area contributed by atoms with E-state index in [9.17, 15) is 13.6 Å². The molecular formula is C12H8ClF2N3O. The minimum atomic E-state index is -1.32. The number of carbonyl (C=O) groups excluding carboxylic acids is 1. The maximum atomic E-state index is 13.4. The van der Waals surface area contributed by atoms with E-state index in [1.165, 1.54) is 6.20 Å². The molecule has 0 bridgehead atoms. The number of pyridine rings is 2. The zero-order valence-electron chi connectivity index (χ0n) is 9.75. The molecular weight excluding hydrogens is 276 g/mol. The molecule has 0 spiro atoms. The van der Waals surface area contributed by atoms with Gasteiger partial charge in [0.25, 0.3) is 5.91 Å². The van der Waals surface area contributed by atoms with E-state index in [1.54, 1.807) is 13.0 Å². The average molecular weight is 284 g/mol. The van der Waals surface area contributed by atoms with Crippen LogP contribution in [0.2, 0.25) is 5.15 Å². The van der Waals surface area contributed by atoms with Crippen LogP contribution in [0.15, 0.2) is 24.5 Å². The summed E-state index contributed by atoms with van der Waals surface area (Å²) in [4.78, 5) is 18.7. The standard InChI is InChI=1S/C12H8ClF2N3O/c1-6-4-7(5-17-10(6)13)18-12(19)8-2-3-16-11(15)9(8)14/h2-5H,1H3,(H,18,19). The summed E-state index contributed by atoms with van der Waals surface area (Å²) >= 11 is 5.74. The third-order valence-electron chi connectivity index (χ3n) is 2.36. The van der Waals surface area contributed by atoms with Gasteiger partial charge in [0, 0.05) is 6.20 Å². The van der Waals surface area contributed by atoms with Gasteiger partial charge in [-0.1, -0.05) is 11.6 Å². The average Bonchev–Trinajstić information content (AvgIpc) is 2.37. The topological polar surface area (TPSA) is 54.9 Å². The zero-order valence-corrected chi connectivity index (χ0v) is 10.5. The van der Waals surface area contributed by atoms with Gasteiger partial charge in [0.2, 0.25) is 5.95 Å². The summed E-state index contributed by atoms with van der Waals surface area (Å²) in [6.07, 6.45) is 2.33. The molecule has 0 aliphatic rings. The summed E-state index contributed by atoms with van der Waals surface area (Å²) in [5.74, 6) is -3.40. The molecule has 2 heterocycles. The minimum absolute atomic E-state index is 0.305. The van der Waals surface area contributed by atoms with E-state index >= 15 is 0 Å². The third kappa shape index (κ3) is 2.85. The molecule has 0 aliphatic heterocycles. The highest BCUT2D eigenvalue weighted by molar-refractivity contribution is 6.30. The fraction of sp³-hybridized carbons (Fsp3) is 0.0833. The highest BCUT2D eigenvalue weighted by atomic mass is 35.5. The van der Waals surface area contributed by atoms with Crippen molar-refractivity contribution in [2.24, 2.45) is 0 Å². The Morgan fingerprint density at radius 1 is 1.37 bits per heavy atom. The number of hydrogen-bond acceptors (Lipinski definition) is 3. The van der Waals surface area contributed by atoms with Gasteiger partial charge in [-0.05, 0) is 24.6 Å². The Hall–Kier alpha value is -2.08. The number of hydrogen-bond donors (Lipinski definition) is 1. The Bertz CT molecular complexity index is 649. The quantitative estimate of drug-likeness (QED) is 0.862. The van der Waals surface area contributed by atoms with Crippen molar-refractivity contribution in [1.82, 2.24) is 9.97 Å². The molecule has 0 unspecified atom stereocenters. The van der Waals surface area contributed by atoms with Gasteiger partial charge < -0.3 is 5.32 Å². The van der Waals surface area contributed by atoms with E-state index in [0.29, 0.717) is 16.4 Å². The Labute approximate surface area is 112 Å². The van der Waals surface area contributed by atoms with Crippen LogP contribution in [0, 0.1) is 18.7 Å². The van der Waals surface area contributed by atoms with Crippen molar-refractivity contribution in [3.63, 3.8) is 0 Å². The molecule has 1 amide bonds. The Balaban J connectivity index is 2.26. The first-order valence-electron chi connectivity index (χ1n) is 5.22. The Morgan fingerprint density at radius 3 is 2.79 bits per heavy atom. The van der Waals surface area contributed by atoms with Gasteiger partial charge >= 0.3 is 0 Å². The molecule has 0 fully saturated rings. The number of anilines is 1. The molecule has 2 aromatic rings. The number of nitrogens with zero attached hydrogens (tertiary/aromatic N) is 2. The summed E-state index contributed by atoms with van der Waals surface area (Å²) in [7, 11) is 0. The first kappa shape index (κ1) is 13.4. The van der Waals surface area contributed by atoms with Gasteiger partial charge in [-0.25, -0.2) is 14.4 Å². The highest BCUT2D eigenvalue weighted by Gasteiger charge is 2.16. The maximum Gasteiger partial charge on any atom is 0.258 e. The van der Waals surface area contributed by atoms with Gasteiger partial charge in [-0.15, -0.1) is 0 Å². The van der Waals surface area contributed by atoms with Crippen molar-refractivity contribution in [2.45, 2.75) is 6.92 Å². The fourth-order valence-electron chi connectivity index (χ4n) is 1.42. The van der Waals surface area contributed by atoms with Gasteiger partial charge in [-0.2, -0.15) is 4.39 Å². The van der Waals surface area contributed by atoms with Crippen molar-refractivity contribution in [3.8, 4) is 0 Å². The van der Waals surface area contributed by atoms with Crippen LogP contribution in [0.4, 0.5) is 14.5 Å². The summed E-state index contributed by atoms with van der Waals surface area (Å²) in [6, 6.07) is 2.66. The van der Waals surface area contributed by atoms with E-state index in [2.05, 4.69) is 15.3 Å². The van der Waals surface area contributed by atoms with Crippen molar-refractivity contribution in [3.05, 3.63) is 52.6 Å². The molecule has 2 aromatic heterocycles. The van der Waals surface area contributed by atoms with Crippen LogP contribution >= 0.6 is 11.6 Å². The number of carbonyl (C=O) groups is 1. The predicted octanol–water partition coefficient (Wildman–Crippen LogP) is 2.97. The predicted molar refractivity (Wildman–Crippen MR) is 66.1 cm³/mol. The number of amides is 1. The third-order valence-corrected chi connectivity index (χ3v) is 2.76. The minimum Gasteiger partial charge on any atom is -0.320 e. The van der Waals surface area contributed by atoms with E-state index in [0.717, 1.165) is 12.3 Å². The molecule has 0 saturated carbocycles. The lowest BCUT2D eigenvalue weighted by atomic mass is 10.2. The number of aryl methyl sites for hydroxylation is 1. The molecule has 98 valence electrons. The molecule has 1 N–H and O–H groups in total. The second-order valence-corrected chi connectivity index (χ2v) is 4.11. The lowest BCUT2D eigenvalue weighted by Crippen LogP contribution is -2.15. The van der Waals surface area contributed by atoms with Crippen molar-refractivity contribution >= 4 is 23.2 Å². The van der Waals surface area contributed by atoms with Crippen LogP contribution in [0.25, 0.3) is 0 Å². The SMILES string of the molecule is Cc1cc(NC(=O)c2ccnc(F)c2F)cnc1Cl. The second kappa shape index (κ2) is 5.27. The zero-order chi connectivity index (χ0) is 14.0. The van der Waals surface area contributed by atoms with Crippen molar-refractivity contribution < 1.29 is 13.6 Å². The summed E-state index contributed by atoms with van der Waals surface area (Å²) in [5, 5.41) is 2.70. The van der Waals surface area contributed by atoms with Crippen molar-refractivity contribution in [2.75, 3.05) is 5.32 Å². The normalized spacial score (nSPS) is 10.3. The molecule has 0 atom stereocenters. The van der Waals surface area contributed by atoms with Crippen LogP contribution < -0.4 is 5.32 Å². The molecule has 7 heteroatoms. The number of aromatic nitrogens is 2. The van der Waals surface area contributed by atoms with Gasteiger partial charge in [0.05, 0.1) is 17.4 Å². The van der Waals surface area contributed by atoms with E-state index in [4.69, 9.17) is 11.6 Å². The Morgan fingerprint density at radius 2 is 2.11 bits per heavy atom. The summed E-state index contributed by atoms with van der Waals surface area (Å²) in [6.45, 7) is 1.71. The largest absolute Gasteiger partial charge is 0.320 e. The number of rotatable bonds is 2. The van der Waals surface area contributed by atoms with Gasteiger partial charge in [0.15, 0.2) is 5.82 Å². The van der Waals surface area contributed by atoms with E-state index in [-0.39, 0.29) is 0 Å². The summed E-state index contributed by atoms with van der Waals surface area (Å²) in [5.41, 5.74) is 0.560. The molecule has 0 aliphatic carbocycles. The van der Waals surface area contributed by atoms with Gasteiger partial charge in [0.1, 0.15) is 5.15 Å². The lowest BCUT2D eigenvalue weighted by Gasteiger charge is -2.07. The van der Waals surface area contributed by atoms with E-state index in [1.807, 2.05) is 0 Å². The number of nitrogens with one attached hydrogen (secondary N) is 1.